The fourth-order valence-corrected chi connectivity index (χ4v) is 3.78. The first-order valence-electron chi connectivity index (χ1n) is 11.1. The molecule has 164 valence electrons. The molecule has 3 heterocycles. The van der Waals surface area contributed by atoms with Crippen LogP contribution in [0, 0.1) is 12.8 Å². The summed E-state index contributed by atoms with van der Waals surface area (Å²) in [7, 11) is 0. The number of fused-ring (bicyclic) bond motifs is 2. The number of aromatic nitrogens is 4. The summed E-state index contributed by atoms with van der Waals surface area (Å²) in [5.41, 5.74) is 3.65. The van der Waals surface area contributed by atoms with Gasteiger partial charge in [0.1, 0.15) is 35.0 Å². The van der Waals surface area contributed by atoms with E-state index in [-0.39, 0.29) is 0 Å². The van der Waals surface area contributed by atoms with Crippen LogP contribution in [0.15, 0.2) is 73.4 Å². The third-order valence-corrected chi connectivity index (χ3v) is 5.82. The highest BCUT2D eigenvalue weighted by molar-refractivity contribution is 5.91. The summed E-state index contributed by atoms with van der Waals surface area (Å²) in [5, 5.41) is 4.36. The van der Waals surface area contributed by atoms with Crippen LogP contribution in [0.2, 0.25) is 0 Å². The summed E-state index contributed by atoms with van der Waals surface area (Å²) < 4.78 is 14.0. The summed E-state index contributed by atoms with van der Waals surface area (Å²) >= 11 is 0. The van der Waals surface area contributed by atoms with Gasteiger partial charge in [0.05, 0.1) is 12.1 Å². The maximum absolute atomic E-state index is 6.11. The van der Waals surface area contributed by atoms with E-state index in [4.69, 9.17) is 9.47 Å². The van der Waals surface area contributed by atoms with Crippen molar-refractivity contribution in [2.24, 2.45) is 5.92 Å². The fraction of sp³-hybridized carbons (Fsp3) is 0.192. The number of pyridine rings is 1. The molecule has 0 radical (unpaired) electrons. The average Bonchev–Trinajstić information content (AvgIpc) is 3.55. The van der Waals surface area contributed by atoms with Crippen LogP contribution < -0.4 is 14.8 Å². The number of anilines is 2. The SMILES string of the molecule is Cc1cc(Nc2ncnc3ccc(OCC4CC4)cc23)ccc1Oc1ccn2ccnc2c1. The van der Waals surface area contributed by atoms with Gasteiger partial charge in [0, 0.05) is 35.7 Å². The van der Waals surface area contributed by atoms with Crippen LogP contribution in [-0.4, -0.2) is 26.0 Å². The van der Waals surface area contributed by atoms with E-state index in [1.54, 1.807) is 12.5 Å². The van der Waals surface area contributed by atoms with Gasteiger partial charge in [-0.3, -0.25) is 0 Å². The molecule has 0 aliphatic heterocycles. The number of rotatable bonds is 7. The lowest BCUT2D eigenvalue weighted by molar-refractivity contribution is 0.300. The van der Waals surface area contributed by atoms with E-state index in [0.29, 0.717) is 5.92 Å². The van der Waals surface area contributed by atoms with Crippen LogP contribution in [0.3, 0.4) is 0 Å². The smallest absolute Gasteiger partial charge is 0.141 e. The number of aryl methyl sites for hydroxylation is 1. The molecule has 7 nitrogen and oxygen atoms in total. The first-order chi connectivity index (χ1) is 16.2. The molecule has 1 N–H and O–H groups in total. The van der Waals surface area contributed by atoms with Crippen LogP contribution in [-0.2, 0) is 0 Å². The first kappa shape index (κ1) is 19.5. The van der Waals surface area contributed by atoms with Crippen molar-refractivity contribution in [2.45, 2.75) is 19.8 Å². The van der Waals surface area contributed by atoms with Crippen LogP contribution in [0.5, 0.6) is 17.2 Å². The zero-order valence-corrected chi connectivity index (χ0v) is 18.2. The Morgan fingerprint density at radius 1 is 0.970 bits per heavy atom. The minimum absolute atomic E-state index is 0.704. The number of hydrogen-bond donors (Lipinski definition) is 1. The number of imidazole rings is 1. The van der Waals surface area contributed by atoms with Gasteiger partial charge in [-0.15, -0.1) is 0 Å². The Morgan fingerprint density at radius 3 is 2.79 bits per heavy atom. The van der Waals surface area contributed by atoms with E-state index in [2.05, 4.69) is 20.3 Å². The van der Waals surface area contributed by atoms with E-state index < -0.39 is 0 Å². The first-order valence-corrected chi connectivity index (χ1v) is 11.1. The van der Waals surface area contributed by atoms with Gasteiger partial charge in [-0.25, -0.2) is 15.0 Å². The van der Waals surface area contributed by atoms with Crippen LogP contribution in [0.4, 0.5) is 11.5 Å². The fourth-order valence-electron chi connectivity index (χ4n) is 3.78. The van der Waals surface area contributed by atoms with Crippen LogP contribution in [0.1, 0.15) is 18.4 Å². The second-order valence-corrected chi connectivity index (χ2v) is 8.42. The van der Waals surface area contributed by atoms with Gasteiger partial charge in [-0.2, -0.15) is 0 Å². The number of benzene rings is 2. The Hall–Kier alpha value is -4.13. The summed E-state index contributed by atoms with van der Waals surface area (Å²) in [6.07, 6.45) is 9.71. The molecule has 1 saturated carbocycles. The zero-order chi connectivity index (χ0) is 22.2. The van der Waals surface area contributed by atoms with Crippen molar-refractivity contribution in [3.05, 3.63) is 79.0 Å². The minimum Gasteiger partial charge on any atom is -0.493 e. The van der Waals surface area contributed by atoms with Crippen molar-refractivity contribution in [3.63, 3.8) is 0 Å². The van der Waals surface area contributed by atoms with Crippen molar-refractivity contribution in [3.8, 4) is 17.2 Å². The Morgan fingerprint density at radius 2 is 1.91 bits per heavy atom. The molecule has 1 fully saturated rings. The van der Waals surface area contributed by atoms with Crippen molar-refractivity contribution in [2.75, 3.05) is 11.9 Å². The number of nitrogens with zero attached hydrogens (tertiary/aromatic N) is 4. The Kier molecular flexibility index (Phi) is 4.79. The van der Waals surface area contributed by atoms with Crippen LogP contribution >= 0.6 is 0 Å². The normalized spacial score (nSPS) is 13.4. The van der Waals surface area contributed by atoms with Crippen molar-refractivity contribution in [1.29, 1.82) is 0 Å². The maximum atomic E-state index is 6.11. The minimum atomic E-state index is 0.704. The number of hydrogen-bond acceptors (Lipinski definition) is 6. The highest BCUT2D eigenvalue weighted by Gasteiger charge is 2.22. The highest BCUT2D eigenvalue weighted by atomic mass is 16.5. The number of ether oxygens (including phenoxy) is 2. The predicted octanol–water partition coefficient (Wildman–Crippen LogP) is 5.91. The maximum Gasteiger partial charge on any atom is 0.141 e. The molecule has 0 spiro atoms. The molecule has 5 aromatic rings. The largest absolute Gasteiger partial charge is 0.493 e. The van der Waals surface area contributed by atoms with Gasteiger partial charge in [0.15, 0.2) is 0 Å². The number of nitrogens with one attached hydrogen (secondary N) is 1. The van der Waals surface area contributed by atoms with Gasteiger partial charge >= 0.3 is 0 Å². The molecular formula is C26H23N5O2. The predicted molar refractivity (Wildman–Crippen MR) is 127 cm³/mol. The Labute approximate surface area is 191 Å². The molecule has 33 heavy (non-hydrogen) atoms. The molecule has 6 rings (SSSR count). The van der Waals surface area contributed by atoms with Gasteiger partial charge in [-0.05, 0) is 73.7 Å². The second-order valence-electron chi connectivity index (χ2n) is 8.42. The van der Waals surface area contributed by atoms with Crippen molar-refractivity contribution >= 4 is 28.1 Å². The molecule has 0 saturated heterocycles. The Bertz CT molecular complexity index is 1460. The second kappa shape index (κ2) is 8.09. The van der Waals surface area contributed by atoms with Crippen molar-refractivity contribution in [1.82, 2.24) is 19.4 Å². The lowest BCUT2D eigenvalue weighted by Crippen LogP contribution is -2.00. The van der Waals surface area contributed by atoms with E-state index in [9.17, 15) is 0 Å². The third kappa shape index (κ3) is 4.17. The molecule has 1 aliphatic carbocycles. The molecule has 3 aromatic heterocycles. The van der Waals surface area contributed by atoms with Gasteiger partial charge in [0.25, 0.3) is 0 Å². The standard InChI is InChI=1S/C26H23N5O2/c1-17-12-19(4-7-24(17)33-21-8-10-31-11-9-27-25(31)14-21)30-26-22-13-20(32-15-18-2-3-18)5-6-23(22)28-16-29-26/h4-14,16,18H,2-3,15H2,1H3,(H,28,29,30). The average molecular weight is 438 g/mol. The summed E-state index contributed by atoms with van der Waals surface area (Å²) in [6, 6.07) is 15.8. The molecule has 2 aromatic carbocycles. The van der Waals surface area contributed by atoms with E-state index in [1.165, 1.54) is 12.8 Å². The highest BCUT2D eigenvalue weighted by Crippen LogP contribution is 2.33. The van der Waals surface area contributed by atoms with Gasteiger partial charge in [0.2, 0.25) is 0 Å². The van der Waals surface area contributed by atoms with Gasteiger partial charge < -0.3 is 19.2 Å². The molecule has 0 unspecified atom stereocenters. The summed E-state index contributed by atoms with van der Waals surface area (Å²) in [5.74, 6) is 3.84. The van der Waals surface area contributed by atoms with E-state index in [1.807, 2.05) is 72.2 Å². The Balaban J connectivity index is 1.23. The topological polar surface area (TPSA) is 73.6 Å². The van der Waals surface area contributed by atoms with Crippen molar-refractivity contribution < 1.29 is 9.47 Å². The molecule has 0 bridgehead atoms. The molecule has 7 heteroatoms. The quantitative estimate of drug-likeness (QED) is 0.341. The van der Waals surface area contributed by atoms with Crippen LogP contribution in [0.25, 0.3) is 16.6 Å². The summed E-state index contributed by atoms with van der Waals surface area (Å²) in [4.78, 5) is 13.2. The molecule has 0 atom stereocenters. The van der Waals surface area contributed by atoms with E-state index >= 15 is 0 Å². The monoisotopic (exact) mass is 437 g/mol. The molecular weight excluding hydrogens is 414 g/mol. The molecule has 0 amide bonds. The lowest BCUT2D eigenvalue weighted by Gasteiger charge is -2.13. The summed E-state index contributed by atoms with van der Waals surface area (Å²) in [6.45, 7) is 2.80. The lowest BCUT2D eigenvalue weighted by atomic mass is 10.2. The van der Waals surface area contributed by atoms with E-state index in [0.717, 1.165) is 57.5 Å². The van der Waals surface area contributed by atoms with Gasteiger partial charge in [-0.1, -0.05) is 0 Å². The third-order valence-electron chi connectivity index (χ3n) is 5.82. The zero-order valence-electron chi connectivity index (χ0n) is 18.2. The molecule has 1 aliphatic rings.